The van der Waals surface area contributed by atoms with Crippen LogP contribution in [0.3, 0.4) is 0 Å². The summed E-state index contributed by atoms with van der Waals surface area (Å²) in [5, 5.41) is 3.02. The molecular weight excluding hydrogens is 242 g/mol. The van der Waals surface area contributed by atoms with E-state index in [1.165, 1.54) is 0 Å². The molecule has 0 atom stereocenters. The van der Waals surface area contributed by atoms with Gasteiger partial charge in [-0.25, -0.2) is 9.97 Å². The van der Waals surface area contributed by atoms with Gasteiger partial charge in [0, 0.05) is 24.9 Å². The van der Waals surface area contributed by atoms with Gasteiger partial charge in [0.25, 0.3) is 5.91 Å². The summed E-state index contributed by atoms with van der Waals surface area (Å²) in [6.07, 6.45) is 1.67. The molecule has 1 amide bonds. The first-order chi connectivity index (χ1) is 8.15. The second kappa shape index (κ2) is 5.42. The molecule has 1 aromatic heterocycles. The summed E-state index contributed by atoms with van der Waals surface area (Å²) >= 11 is 5.71. The van der Waals surface area contributed by atoms with Crippen LogP contribution in [0.25, 0.3) is 0 Å². The first-order valence-corrected chi connectivity index (χ1v) is 5.93. The van der Waals surface area contributed by atoms with Crippen molar-refractivity contribution in [1.29, 1.82) is 0 Å². The molecule has 5 nitrogen and oxygen atoms in total. The van der Waals surface area contributed by atoms with Crippen LogP contribution >= 0.6 is 11.6 Å². The number of halogens is 1. The zero-order valence-electron chi connectivity index (χ0n) is 9.57. The number of hydrogen-bond donors (Lipinski definition) is 1. The molecule has 0 unspecified atom stereocenters. The Morgan fingerprint density at radius 3 is 2.82 bits per heavy atom. The van der Waals surface area contributed by atoms with E-state index in [1.54, 1.807) is 13.0 Å². The maximum absolute atomic E-state index is 11.9. The van der Waals surface area contributed by atoms with E-state index in [2.05, 4.69) is 15.3 Å². The lowest BCUT2D eigenvalue weighted by Crippen LogP contribution is -2.39. The SMILES string of the molecule is Cc1cc(C(=O)NC2CCOCC2)nc(Cl)n1. The van der Waals surface area contributed by atoms with Crippen LogP contribution in [0.15, 0.2) is 6.07 Å². The fourth-order valence-corrected chi connectivity index (χ4v) is 1.97. The van der Waals surface area contributed by atoms with E-state index in [-0.39, 0.29) is 17.2 Å². The summed E-state index contributed by atoms with van der Waals surface area (Å²) in [4.78, 5) is 19.7. The number of aryl methyl sites for hydroxylation is 1. The predicted octanol–water partition coefficient (Wildman–Crippen LogP) is 1.35. The van der Waals surface area contributed by atoms with Crippen molar-refractivity contribution in [3.05, 3.63) is 22.7 Å². The fraction of sp³-hybridized carbons (Fsp3) is 0.545. The first kappa shape index (κ1) is 12.3. The van der Waals surface area contributed by atoms with Crippen molar-refractivity contribution < 1.29 is 9.53 Å². The molecule has 92 valence electrons. The van der Waals surface area contributed by atoms with Crippen LogP contribution in [0.4, 0.5) is 0 Å². The quantitative estimate of drug-likeness (QED) is 0.811. The minimum Gasteiger partial charge on any atom is -0.381 e. The maximum Gasteiger partial charge on any atom is 0.270 e. The number of amides is 1. The molecule has 0 bridgehead atoms. The van der Waals surface area contributed by atoms with Crippen molar-refractivity contribution in [3.8, 4) is 0 Å². The summed E-state index contributed by atoms with van der Waals surface area (Å²) in [5.74, 6) is -0.204. The van der Waals surface area contributed by atoms with E-state index in [1.807, 2.05) is 0 Å². The van der Waals surface area contributed by atoms with Gasteiger partial charge in [0.05, 0.1) is 0 Å². The molecule has 2 rings (SSSR count). The smallest absolute Gasteiger partial charge is 0.270 e. The van der Waals surface area contributed by atoms with Crippen LogP contribution in [0.1, 0.15) is 29.0 Å². The number of carbonyl (C=O) groups is 1. The third kappa shape index (κ3) is 3.38. The largest absolute Gasteiger partial charge is 0.381 e. The third-order valence-corrected chi connectivity index (χ3v) is 2.79. The van der Waals surface area contributed by atoms with Gasteiger partial charge in [-0.05, 0) is 37.4 Å². The van der Waals surface area contributed by atoms with Gasteiger partial charge in [-0.3, -0.25) is 4.79 Å². The van der Waals surface area contributed by atoms with E-state index in [0.717, 1.165) is 12.8 Å². The zero-order valence-corrected chi connectivity index (χ0v) is 10.3. The Hall–Kier alpha value is -1.20. The molecule has 6 heteroatoms. The van der Waals surface area contributed by atoms with Gasteiger partial charge in [-0.2, -0.15) is 0 Å². The highest BCUT2D eigenvalue weighted by Crippen LogP contribution is 2.09. The standard InChI is InChI=1S/C11H14ClN3O2/c1-7-6-9(15-11(12)13-7)10(16)14-8-2-4-17-5-3-8/h6,8H,2-5H2,1H3,(H,14,16). The Bertz CT molecular complexity index is 399. The average molecular weight is 256 g/mol. The maximum atomic E-state index is 11.9. The highest BCUT2D eigenvalue weighted by molar-refractivity contribution is 6.28. The average Bonchev–Trinajstić information content (AvgIpc) is 2.29. The molecule has 0 saturated carbocycles. The Balaban J connectivity index is 2.03. The number of aromatic nitrogens is 2. The van der Waals surface area contributed by atoms with Crippen LogP contribution in [0, 0.1) is 6.92 Å². The van der Waals surface area contributed by atoms with Crippen LogP contribution in [-0.4, -0.2) is 35.1 Å². The summed E-state index contributed by atoms with van der Waals surface area (Å²) < 4.78 is 5.23. The molecule has 0 aromatic carbocycles. The number of ether oxygens (including phenoxy) is 1. The number of rotatable bonds is 2. The van der Waals surface area contributed by atoms with Crippen molar-refractivity contribution in [2.45, 2.75) is 25.8 Å². The second-order valence-corrected chi connectivity index (χ2v) is 4.36. The summed E-state index contributed by atoms with van der Waals surface area (Å²) in [5.41, 5.74) is 0.996. The zero-order chi connectivity index (χ0) is 12.3. The van der Waals surface area contributed by atoms with Crippen molar-refractivity contribution >= 4 is 17.5 Å². The van der Waals surface area contributed by atoms with Gasteiger partial charge in [0.15, 0.2) is 0 Å². The van der Waals surface area contributed by atoms with Gasteiger partial charge < -0.3 is 10.1 Å². The molecule has 0 aliphatic carbocycles. The number of nitrogens with zero attached hydrogens (tertiary/aromatic N) is 2. The highest BCUT2D eigenvalue weighted by atomic mass is 35.5. The van der Waals surface area contributed by atoms with E-state index >= 15 is 0 Å². The van der Waals surface area contributed by atoms with Gasteiger partial charge in [0.2, 0.25) is 5.28 Å². The van der Waals surface area contributed by atoms with Crippen molar-refractivity contribution in [1.82, 2.24) is 15.3 Å². The van der Waals surface area contributed by atoms with Gasteiger partial charge in [-0.1, -0.05) is 0 Å². The minimum absolute atomic E-state index is 0.0992. The van der Waals surface area contributed by atoms with E-state index < -0.39 is 0 Å². The monoisotopic (exact) mass is 255 g/mol. The van der Waals surface area contributed by atoms with Crippen LogP contribution < -0.4 is 5.32 Å². The molecule has 1 aromatic rings. The third-order valence-electron chi connectivity index (χ3n) is 2.62. The Morgan fingerprint density at radius 2 is 2.18 bits per heavy atom. The number of carbonyl (C=O) groups excluding carboxylic acids is 1. The summed E-state index contributed by atoms with van der Waals surface area (Å²) in [6.45, 7) is 3.15. The van der Waals surface area contributed by atoms with Crippen molar-refractivity contribution in [2.24, 2.45) is 0 Å². The predicted molar refractivity (Wildman–Crippen MR) is 63.1 cm³/mol. The Labute approximate surface area is 105 Å². The minimum atomic E-state index is -0.204. The summed E-state index contributed by atoms with van der Waals surface area (Å²) in [6, 6.07) is 1.78. The van der Waals surface area contributed by atoms with Gasteiger partial charge in [-0.15, -0.1) is 0 Å². The van der Waals surface area contributed by atoms with E-state index in [4.69, 9.17) is 16.3 Å². The summed E-state index contributed by atoms with van der Waals surface area (Å²) in [7, 11) is 0. The molecule has 1 fully saturated rings. The number of hydrogen-bond acceptors (Lipinski definition) is 4. The lowest BCUT2D eigenvalue weighted by atomic mass is 10.1. The Kier molecular flexibility index (Phi) is 3.91. The topological polar surface area (TPSA) is 64.1 Å². The molecule has 1 aliphatic rings. The molecule has 1 saturated heterocycles. The molecule has 17 heavy (non-hydrogen) atoms. The van der Waals surface area contributed by atoms with E-state index in [9.17, 15) is 4.79 Å². The van der Waals surface area contributed by atoms with Crippen LogP contribution in [-0.2, 0) is 4.74 Å². The first-order valence-electron chi connectivity index (χ1n) is 5.55. The normalized spacial score (nSPS) is 16.8. The second-order valence-electron chi connectivity index (χ2n) is 4.02. The molecular formula is C11H14ClN3O2. The van der Waals surface area contributed by atoms with Crippen LogP contribution in [0.2, 0.25) is 5.28 Å². The highest BCUT2D eigenvalue weighted by Gasteiger charge is 2.18. The molecule has 1 N–H and O–H groups in total. The van der Waals surface area contributed by atoms with Crippen molar-refractivity contribution in [2.75, 3.05) is 13.2 Å². The molecule has 1 aliphatic heterocycles. The lowest BCUT2D eigenvalue weighted by Gasteiger charge is -2.22. The van der Waals surface area contributed by atoms with Crippen LogP contribution in [0.5, 0.6) is 0 Å². The van der Waals surface area contributed by atoms with Crippen molar-refractivity contribution in [3.63, 3.8) is 0 Å². The van der Waals surface area contributed by atoms with Gasteiger partial charge in [0.1, 0.15) is 5.69 Å². The van der Waals surface area contributed by atoms with Gasteiger partial charge >= 0.3 is 0 Å². The molecule has 0 spiro atoms. The molecule has 0 radical (unpaired) electrons. The van der Waals surface area contributed by atoms with E-state index in [0.29, 0.717) is 24.6 Å². The lowest BCUT2D eigenvalue weighted by molar-refractivity contribution is 0.0694. The molecule has 2 heterocycles. The number of nitrogens with one attached hydrogen (secondary N) is 1. The fourth-order valence-electron chi connectivity index (χ4n) is 1.75. The Morgan fingerprint density at radius 1 is 1.47 bits per heavy atom.